The highest BCUT2D eigenvalue weighted by Crippen LogP contribution is 2.58. The summed E-state index contributed by atoms with van der Waals surface area (Å²) in [6, 6.07) is 12.7. The average molecular weight is 340 g/mol. The maximum absolute atomic E-state index is 13.6. The first-order valence-electron chi connectivity index (χ1n) is 9.09. The summed E-state index contributed by atoms with van der Waals surface area (Å²) in [6.07, 6.45) is 6.25. The first-order valence-corrected chi connectivity index (χ1v) is 9.09. The summed E-state index contributed by atoms with van der Waals surface area (Å²) in [5.74, 6) is 1.26. The van der Waals surface area contributed by atoms with Crippen LogP contribution in [0.3, 0.4) is 0 Å². The summed E-state index contributed by atoms with van der Waals surface area (Å²) in [5.41, 5.74) is -0.395. The predicted molar refractivity (Wildman–Crippen MR) is 92.2 cm³/mol. The number of rotatable bonds is 2. The molecular weight excluding hydrogens is 319 g/mol. The molecule has 5 rings (SSSR count). The summed E-state index contributed by atoms with van der Waals surface area (Å²) in [5, 5.41) is 3.53. The molecular formula is C20H21FN2O2. The number of fused-ring (bicyclic) bond motifs is 1. The van der Waals surface area contributed by atoms with E-state index in [-0.39, 0.29) is 0 Å². The van der Waals surface area contributed by atoms with Crippen LogP contribution in [0.1, 0.15) is 38.5 Å². The Kier molecular flexibility index (Phi) is 3.21. The van der Waals surface area contributed by atoms with Crippen molar-refractivity contribution in [1.29, 1.82) is 0 Å². The number of hydrogen-bond donors (Lipinski definition) is 1. The minimum Gasteiger partial charge on any atom is -0.446 e. The second-order valence-corrected chi connectivity index (χ2v) is 7.35. The van der Waals surface area contributed by atoms with Gasteiger partial charge in [-0.3, -0.25) is 0 Å². The van der Waals surface area contributed by atoms with Gasteiger partial charge in [-0.1, -0.05) is 31.0 Å². The molecule has 2 aliphatic carbocycles. The van der Waals surface area contributed by atoms with Gasteiger partial charge in [0.05, 0.1) is 0 Å². The van der Waals surface area contributed by atoms with Crippen LogP contribution < -0.4 is 14.8 Å². The fraction of sp³-hybridized carbons (Fsp3) is 0.450. The lowest BCUT2D eigenvalue weighted by Gasteiger charge is -2.56. The molecule has 0 unspecified atom stereocenters. The van der Waals surface area contributed by atoms with Crippen molar-refractivity contribution < 1.29 is 13.9 Å². The van der Waals surface area contributed by atoms with E-state index < -0.39 is 17.3 Å². The van der Waals surface area contributed by atoms with Gasteiger partial charge in [-0.05, 0) is 49.9 Å². The Labute approximate surface area is 146 Å². The number of pyridine rings is 1. The van der Waals surface area contributed by atoms with Gasteiger partial charge in [0.2, 0.25) is 5.95 Å². The van der Waals surface area contributed by atoms with E-state index in [1.54, 1.807) is 6.07 Å². The minimum absolute atomic E-state index is 0.323. The van der Waals surface area contributed by atoms with E-state index in [1.165, 1.54) is 6.07 Å². The third kappa shape index (κ3) is 2.14. The zero-order valence-electron chi connectivity index (χ0n) is 14.0. The molecule has 1 aromatic carbocycles. The van der Waals surface area contributed by atoms with Crippen LogP contribution in [0.5, 0.6) is 11.5 Å². The molecule has 1 spiro atoms. The number of nitrogens with zero attached hydrogens (tertiary/aromatic N) is 1. The molecule has 1 aliphatic heterocycles. The van der Waals surface area contributed by atoms with Crippen LogP contribution in [0, 0.1) is 11.9 Å². The Morgan fingerprint density at radius 3 is 2.28 bits per heavy atom. The number of hydrogen-bond acceptors (Lipinski definition) is 4. The van der Waals surface area contributed by atoms with Gasteiger partial charge in [0.15, 0.2) is 11.5 Å². The Morgan fingerprint density at radius 1 is 0.960 bits per heavy atom. The number of halogens is 1. The van der Waals surface area contributed by atoms with Gasteiger partial charge in [-0.25, -0.2) is 4.98 Å². The molecule has 0 amide bonds. The molecule has 2 fully saturated rings. The number of anilines is 1. The molecule has 0 radical (unpaired) electrons. The third-order valence-corrected chi connectivity index (χ3v) is 5.97. The van der Waals surface area contributed by atoms with Crippen molar-refractivity contribution in [3.63, 3.8) is 0 Å². The Morgan fingerprint density at radius 2 is 1.64 bits per heavy atom. The van der Waals surface area contributed by atoms with E-state index in [0.717, 1.165) is 50.0 Å². The standard InChI is InChI=1S/C20H21FN2O2/c21-17-10-3-11-18(22-17)23-19-12-4-6-14(7-5-13-19)20(19)24-15-8-1-2-9-16(15)25-20/h1-3,8-11,14H,4-7,12-13H2,(H,22,23). The molecule has 0 atom stereocenters. The SMILES string of the molecule is Fc1cccc(NC23CCCC(CCC2)C32Oc3ccccc3O2)n1. The molecule has 1 N–H and O–H groups in total. The average Bonchev–Trinajstić information content (AvgIpc) is 2.96. The second kappa shape index (κ2) is 5.35. The van der Waals surface area contributed by atoms with E-state index >= 15 is 0 Å². The van der Waals surface area contributed by atoms with Crippen molar-refractivity contribution in [3.05, 3.63) is 48.4 Å². The predicted octanol–water partition coefficient (Wildman–Crippen LogP) is 4.52. The molecule has 1 aromatic heterocycles. The van der Waals surface area contributed by atoms with Crippen LogP contribution in [0.25, 0.3) is 0 Å². The van der Waals surface area contributed by atoms with Crippen LogP contribution in [-0.2, 0) is 0 Å². The molecule has 130 valence electrons. The smallest absolute Gasteiger partial charge is 0.277 e. The van der Waals surface area contributed by atoms with Crippen LogP contribution in [0.4, 0.5) is 10.2 Å². The van der Waals surface area contributed by atoms with Crippen molar-refractivity contribution >= 4 is 5.82 Å². The summed E-state index contributed by atoms with van der Waals surface area (Å²) >= 11 is 0. The molecule has 2 heterocycles. The van der Waals surface area contributed by atoms with Gasteiger partial charge in [0.25, 0.3) is 5.79 Å². The Hall–Kier alpha value is -2.30. The molecule has 0 saturated heterocycles. The fourth-order valence-corrected chi connectivity index (χ4v) is 4.95. The normalized spacial score (nSPS) is 28.8. The Bertz CT molecular complexity index is 775. The first-order chi connectivity index (χ1) is 12.2. The molecule has 5 heteroatoms. The van der Waals surface area contributed by atoms with Gasteiger partial charge in [0.1, 0.15) is 11.4 Å². The second-order valence-electron chi connectivity index (χ2n) is 7.35. The number of ether oxygens (including phenoxy) is 2. The van der Waals surface area contributed by atoms with Crippen molar-refractivity contribution in [2.75, 3.05) is 5.32 Å². The van der Waals surface area contributed by atoms with Gasteiger partial charge in [-0.2, -0.15) is 4.39 Å². The number of aromatic nitrogens is 1. The zero-order valence-corrected chi connectivity index (χ0v) is 14.0. The molecule has 4 nitrogen and oxygen atoms in total. The molecule has 2 aromatic rings. The highest BCUT2D eigenvalue weighted by atomic mass is 19.1. The van der Waals surface area contributed by atoms with E-state index in [9.17, 15) is 4.39 Å². The molecule has 2 saturated carbocycles. The van der Waals surface area contributed by atoms with E-state index in [1.807, 2.05) is 30.3 Å². The number of nitrogens with one attached hydrogen (secondary N) is 1. The quantitative estimate of drug-likeness (QED) is 0.816. The lowest BCUT2D eigenvalue weighted by Crippen LogP contribution is -2.71. The molecule has 3 aliphatic rings. The van der Waals surface area contributed by atoms with Crippen LogP contribution in [0.15, 0.2) is 42.5 Å². The summed E-state index contributed by atoms with van der Waals surface area (Å²) in [6.45, 7) is 0. The van der Waals surface area contributed by atoms with E-state index in [0.29, 0.717) is 11.7 Å². The van der Waals surface area contributed by atoms with E-state index in [4.69, 9.17) is 9.47 Å². The van der Waals surface area contributed by atoms with Crippen LogP contribution >= 0.6 is 0 Å². The minimum atomic E-state index is -0.735. The van der Waals surface area contributed by atoms with Crippen LogP contribution in [-0.4, -0.2) is 16.3 Å². The molecule has 2 bridgehead atoms. The van der Waals surface area contributed by atoms with Gasteiger partial charge < -0.3 is 14.8 Å². The summed E-state index contributed by atoms with van der Waals surface area (Å²) in [7, 11) is 0. The summed E-state index contributed by atoms with van der Waals surface area (Å²) in [4.78, 5) is 4.02. The van der Waals surface area contributed by atoms with Crippen molar-refractivity contribution in [3.8, 4) is 11.5 Å². The zero-order chi connectivity index (χ0) is 16.9. The van der Waals surface area contributed by atoms with E-state index in [2.05, 4.69) is 10.3 Å². The molecule has 25 heavy (non-hydrogen) atoms. The highest BCUT2D eigenvalue weighted by Gasteiger charge is 2.66. The van der Waals surface area contributed by atoms with Gasteiger partial charge in [0, 0.05) is 5.92 Å². The number of benzene rings is 1. The Balaban J connectivity index is 1.58. The largest absolute Gasteiger partial charge is 0.446 e. The monoisotopic (exact) mass is 340 g/mol. The third-order valence-electron chi connectivity index (χ3n) is 5.97. The number of para-hydroxylation sites is 2. The highest BCUT2D eigenvalue weighted by molar-refractivity contribution is 5.47. The van der Waals surface area contributed by atoms with Gasteiger partial charge >= 0.3 is 0 Å². The summed E-state index contributed by atoms with van der Waals surface area (Å²) < 4.78 is 26.6. The lowest BCUT2D eigenvalue weighted by atomic mass is 9.62. The topological polar surface area (TPSA) is 43.4 Å². The lowest BCUT2D eigenvalue weighted by molar-refractivity contribution is -0.208. The first kappa shape index (κ1) is 15.0. The van der Waals surface area contributed by atoms with Crippen LogP contribution in [0.2, 0.25) is 0 Å². The van der Waals surface area contributed by atoms with Crippen molar-refractivity contribution in [2.24, 2.45) is 5.92 Å². The van der Waals surface area contributed by atoms with Crippen molar-refractivity contribution in [1.82, 2.24) is 4.98 Å². The fourth-order valence-electron chi connectivity index (χ4n) is 4.95. The van der Waals surface area contributed by atoms with Gasteiger partial charge in [-0.15, -0.1) is 0 Å². The maximum Gasteiger partial charge on any atom is 0.277 e. The maximum atomic E-state index is 13.6. The van der Waals surface area contributed by atoms with Crippen molar-refractivity contribution in [2.45, 2.75) is 49.9 Å².